The van der Waals surface area contributed by atoms with E-state index >= 15 is 0 Å². The zero-order valence-corrected chi connectivity index (χ0v) is 13.8. The van der Waals surface area contributed by atoms with Crippen LogP contribution >= 0.6 is 0 Å². The minimum Gasteiger partial charge on any atom is -0.444 e. The first-order valence-electron chi connectivity index (χ1n) is 7.35. The Morgan fingerprint density at radius 3 is 2.25 bits per heavy atom. The molecule has 0 bridgehead atoms. The third-order valence-electron chi connectivity index (χ3n) is 2.86. The molecule has 136 valence electrons. The lowest BCUT2D eigenvalue weighted by atomic mass is 10.1. The molecule has 0 saturated heterocycles. The number of aliphatic hydroxyl groups is 1. The summed E-state index contributed by atoms with van der Waals surface area (Å²) in [5.74, 6) is 0. The van der Waals surface area contributed by atoms with Gasteiger partial charge in [-0.2, -0.15) is 13.2 Å². The summed E-state index contributed by atoms with van der Waals surface area (Å²) in [6.45, 7) is 3.48. The maximum absolute atomic E-state index is 13.2. The Morgan fingerprint density at radius 2 is 1.79 bits per heavy atom. The number of carbonyl (C=O) groups excluding carboxylic acids is 1. The quantitative estimate of drug-likeness (QED) is 0.828. The summed E-state index contributed by atoms with van der Waals surface area (Å²) in [5, 5.41) is 11.3. The molecule has 1 amide bonds. The van der Waals surface area contributed by atoms with Crippen molar-refractivity contribution >= 4 is 6.09 Å². The average Bonchev–Trinajstić information content (AvgIpc) is 2.44. The number of benzene rings is 1. The number of nitrogens with one attached hydrogen (secondary N) is 1. The number of alkyl carbamates (subject to hydrolysis) is 1. The van der Waals surface area contributed by atoms with Crippen LogP contribution in [0.5, 0.6) is 0 Å². The van der Waals surface area contributed by atoms with Gasteiger partial charge < -0.3 is 19.9 Å². The first-order valence-corrected chi connectivity index (χ1v) is 7.35. The predicted molar refractivity (Wildman–Crippen MR) is 81.3 cm³/mol. The van der Waals surface area contributed by atoms with Gasteiger partial charge in [-0.05, 0) is 26.3 Å². The second-order valence-electron chi connectivity index (χ2n) is 6.19. The van der Waals surface area contributed by atoms with Gasteiger partial charge in [0.05, 0.1) is 19.3 Å². The zero-order valence-electron chi connectivity index (χ0n) is 13.8. The molecule has 2 N–H and O–H groups in total. The molecule has 0 saturated carbocycles. The number of amides is 1. The molecule has 0 unspecified atom stereocenters. The van der Waals surface area contributed by atoms with Crippen molar-refractivity contribution in [1.82, 2.24) is 5.32 Å². The van der Waals surface area contributed by atoms with Gasteiger partial charge in [0, 0.05) is 0 Å². The van der Waals surface area contributed by atoms with E-state index in [1.807, 2.05) is 5.32 Å². The standard InChI is InChI=1S/C16H22F3NO4/c1-15(2,3)24-14(22)20-12(9-21)13(16(17,18)19)23-10-11-7-5-4-6-8-11/h4-8,12-13,21H,9-10H2,1-3H3,(H,20,22)/t12-,13-/m0/s1. The highest BCUT2D eigenvalue weighted by Crippen LogP contribution is 2.26. The topological polar surface area (TPSA) is 67.8 Å². The largest absolute Gasteiger partial charge is 0.444 e. The first-order chi connectivity index (χ1) is 11.0. The number of ether oxygens (including phenoxy) is 2. The van der Waals surface area contributed by atoms with Crippen LogP contribution in [-0.4, -0.2) is 41.7 Å². The van der Waals surface area contributed by atoms with Gasteiger partial charge in [0.15, 0.2) is 6.10 Å². The van der Waals surface area contributed by atoms with Gasteiger partial charge in [-0.25, -0.2) is 4.79 Å². The maximum atomic E-state index is 13.2. The Balaban J connectivity index is 2.78. The Kier molecular flexibility index (Phi) is 7.04. The SMILES string of the molecule is CC(C)(C)OC(=O)N[C@@H](CO)[C@H](OCc1ccccc1)C(F)(F)F. The second kappa shape index (κ2) is 8.34. The summed E-state index contributed by atoms with van der Waals surface area (Å²) < 4.78 is 49.5. The van der Waals surface area contributed by atoms with Crippen LogP contribution in [-0.2, 0) is 16.1 Å². The molecule has 0 heterocycles. The number of hydrogen-bond acceptors (Lipinski definition) is 4. The molecule has 1 rings (SSSR count). The van der Waals surface area contributed by atoms with Crippen molar-refractivity contribution in [3.05, 3.63) is 35.9 Å². The third-order valence-corrected chi connectivity index (χ3v) is 2.86. The summed E-state index contributed by atoms with van der Waals surface area (Å²) in [4.78, 5) is 11.7. The normalized spacial score (nSPS) is 14.8. The molecule has 8 heteroatoms. The monoisotopic (exact) mass is 349 g/mol. The van der Waals surface area contributed by atoms with Crippen LogP contribution in [0.2, 0.25) is 0 Å². The van der Waals surface area contributed by atoms with Gasteiger partial charge in [-0.1, -0.05) is 30.3 Å². The van der Waals surface area contributed by atoms with Gasteiger partial charge in [0.25, 0.3) is 0 Å². The maximum Gasteiger partial charge on any atom is 0.416 e. The van der Waals surface area contributed by atoms with Crippen LogP contribution in [0, 0.1) is 0 Å². The molecule has 0 aliphatic carbocycles. The van der Waals surface area contributed by atoms with Crippen molar-refractivity contribution in [2.75, 3.05) is 6.61 Å². The van der Waals surface area contributed by atoms with Crippen LogP contribution in [0.3, 0.4) is 0 Å². The van der Waals surface area contributed by atoms with E-state index in [-0.39, 0.29) is 6.61 Å². The minimum atomic E-state index is -4.77. The van der Waals surface area contributed by atoms with Gasteiger partial charge in [-0.15, -0.1) is 0 Å². The van der Waals surface area contributed by atoms with Crippen LogP contribution in [0.1, 0.15) is 26.3 Å². The molecule has 0 fully saturated rings. The van der Waals surface area contributed by atoms with E-state index in [4.69, 9.17) is 9.47 Å². The molecule has 5 nitrogen and oxygen atoms in total. The number of hydrogen-bond donors (Lipinski definition) is 2. The number of rotatable bonds is 6. The molecule has 24 heavy (non-hydrogen) atoms. The lowest BCUT2D eigenvalue weighted by Crippen LogP contribution is -2.54. The van der Waals surface area contributed by atoms with E-state index in [9.17, 15) is 23.1 Å². The molecule has 0 aliphatic heterocycles. The van der Waals surface area contributed by atoms with E-state index in [0.717, 1.165) is 0 Å². The molecule has 0 spiro atoms. The minimum absolute atomic E-state index is 0.308. The van der Waals surface area contributed by atoms with E-state index in [2.05, 4.69) is 0 Å². The molecular weight excluding hydrogens is 327 g/mol. The Labute approximate surface area is 138 Å². The molecular formula is C16H22F3NO4. The lowest BCUT2D eigenvalue weighted by Gasteiger charge is -2.29. The van der Waals surface area contributed by atoms with Crippen LogP contribution in [0.15, 0.2) is 30.3 Å². The Morgan fingerprint density at radius 1 is 1.21 bits per heavy atom. The van der Waals surface area contributed by atoms with Crippen molar-refractivity contribution in [2.45, 2.75) is 51.3 Å². The average molecular weight is 349 g/mol. The third kappa shape index (κ3) is 7.18. The molecule has 0 aliphatic rings. The molecule has 1 aromatic rings. The molecule has 2 atom stereocenters. The number of alkyl halides is 3. The van der Waals surface area contributed by atoms with E-state index in [1.54, 1.807) is 51.1 Å². The smallest absolute Gasteiger partial charge is 0.416 e. The number of aliphatic hydroxyl groups excluding tert-OH is 1. The highest BCUT2D eigenvalue weighted by molar-refractivity contribution is 5.68. The summed E-state index contributed by atoms with van der Waals surface area (Å²) in [5.41, 5.74) is -0.330. The predicted octanol–water partition coefficient (Wildman–Crippen LogP) is 3.02. The molecule has 0 radical (unpaired) electrons. The van der Waals surface area contributed by atoms with Crippen molar-refractivity contribution in [2.24, 2.45) is 0 Å². The Hall–Kier alpha value is -1.80. The van der Waals surface area contributed by atoms with Gasteiger partial charge >= 0.3 is 12.3 Å². The number of carbonyl (C=O) groups is 1. The van der Waals surface area contributed by atoms with E-state index < -0.39 is 36.6 Å². The van der Waals surface area contributed by atoms with Gasteiger partial charge in [0.1, 0.15) is 5.60 Å². The summed E-state index contributed by atoms with van der Waals surface area (Å²) >= 11 is 0. The van der Waals surface area contributed by atoms with Crippen molar-refractivity contribution in [1.29, 1.82) is 0 Å². The van der Waals surface area contributed by atoms with Crippen LogP contribution < -0.4 is 5.32 Å². The summed E-state index contributed by atoms with van der Waals surface area (Å²) in [6, 6.07) is 6.62. The highest BCUT2D eigenvalue weighted by atomic mass is 19.4. The lowest BCUT2D eigenvalue weighted by molar-refractivity contribution is -0.234. The van der Waals surface area contributed by atoms with Crippen molar-refractivity contribution in [3.63, 3.8) is 0 Å². The summed E-state index contributed by atoms with van der Waals surface area (Å²) in [6.07, 6.45) is -8.19. The van der Waals surface area contributed by atoms with Crippen LogP contribution in [0.25, 0.3) is 0 Å². The fraction of sp³-hybridized carbons (Fsp3) is 0.562. The van der Waals surface area contributed by atoms with Crippen molar-refractivity contribution in [3.8, 4) is 0 Å². The Bertz CT molecular complexity index is 514. The van der Waals surface area contributed by atoms with E-state index in [1.165, 1.54) is 0 Å². The second-order valence-corrected chi connectivity index (χ2v) is 6.19. The van der Waals surface area contributed by atoms with Crippen LogP contribution in [0.4, 0.5) is 18.0 Å². The number of halogens is 3. The molecule has 0 aromatic heterocycles. The van der Waals surface area contributed by atoms with Crippen molar-refractivity contribution < 1.29 is 32.5 Å². The first kappa shape index (κ1) is 20.2. The summed E-state index contributed by atoms with van der Waals surface area (Å²) in [7, 11) is 0. The van der Waals surface area contributed by atoms with Gasteiger partial charge in [-0.3, -0.25) is 0 Å². The zero-order chi connectivity index (χ0) is 18.4. The highest BCUT2D eigenvalue weighted by Gasteiger charge is 2.46. The fourth-order valence-corrected chi connectivity index (χ4v) is 1.88. The van der Waals surface area contributed by atoms with E-state index in [0.29, 0.717) is 5.56 Å². The molecule has 1 aromatic carbocycles. The van der Waals surface area contributed by atoms with Gasteiger partial charge in [0.2, 0.25) is 0 Å². The fourth-order valence-electron chi connectivity index (χ4n) is 1.88.